The second kappa shape index (κ2) is 6.74. The largest absolute Gasteiger partial charge is 0.445 e. The molecule has 5 heteroatoms. The third-order valence-corrected chi connectivity index (χ3v) is 2.62. The Morgan fingerprint density at radius 2 is 0.905 bits per heavy atom. The lowest BCUT2D eigenvalue weighted by molar-refractivity contribution is 0.343. The van der Waals surface area contributed by atoms with Gasteiger partial charge in [-0.1, -0.05) is 60.7 Å². The zero-order valence-corrected chi connectivity index (χ0v) is 10.7. The van der Waals surface area contributed by atoms with E-state index < -0.39 is 23.7 Å². The van der Waals surface area contributed by atoms with Crippen molar-refractivity contribution < 1.29 is 22.3 Å². The zero-order chi connectivity index (χ0) is 15.2. The van der Waals surface area contributed by atoms with Crippen LogP contribution >= 0.6 is 0 Å². The predicted octanol–water partition coefficient (Wildman–Crippen LogP) is 5.53. The van der Waals surface area contributed by atoms with Gasteiger partial charge < -0.3 is 4.74 Å². The minimum Gasteiger partial charge on any atom is -0.445 e. The van der Waals surface area contributed by atoms with Crippen LogP contribution in [0.4, 0.5) is 17.6 Å². The van der Waals surface area contributed by atoms with Crippen molar-refractivity contribution in [3.05, 3.63) is 84.0 Å². The van der Waals surface area contributed by atoms with Gasteiger partial charge in [-0.2, -0.15) is 17.6 Å². The molecule has 0 N–H and O–H groups in total. The first-order chi connectivity index (χ1) is 10.1. The van der Waals surface area contributed by atoms with E-state index in [1.165, 1.54) is 48.5 Å². The maximum absolute atomic E-state index is 13.0. The molecule has 0 bridgehead atoms. The van der Waals surface area contributed by atoms with Crippen molar-refractivity contribution in [2.45, 2.75) is 0 Å². The van der Waals surface area contributed by atoms with Crippen molar-refractivity contribution in [1.29, 1.82) is 0 Å². The molecule has 0 unspecified atom stereocenters. The Labute approximate surface area is 118 Å². The van der Waals surface area contributed by atoms with Crippen molar-refractivity contribution in [3.8, 4) is 0 Å². The minimum absolute atomic E-state index is 0.0205. The van der Waals surface area contributed by atoms with E-state index in [0.29, 0.717) is 0 Å². The van der Waals surface area contributed by atoms with Crippen molar-refractivity contribution in [1.82, 2.24) is 0 Å². The molecule has 0 aliphatic rings. The molecule has 21 heavy (non-hydrogen) atoms. The number of halogens is 4. The standard InChI is InChI=1S/C16H10F4O/c17-15(18)13(11-7-3-1-4-8-11)21-14(16(19)20)12-9-5-2-6-10-12/h1-10H. The summed E-state index contributed by atoms with van der Waals surface area (Å²) in [5, 5.41) is 0. The summed E-state index contributed by atoms with van der Waals surface area (Å²) in [7, 11) is 0. The monoisotopic (exact) mass is 294 g/mol. The van der Waals surface area contributed by atoms with Gasteiger partial charge in [0.1, 0.15) is 0 Å². The van der Waals surface area contributed by atoms with E-state index in [-0.39, 0.29) is 11.1 Å². The number of benzene rings is 2. The Morgan fingerprint density at radius 1 is 0.571 bits per heavy atom. The molecule has 0 spiro atoms. The molecule has 0 fully saturated rings. The van der Waals surface area contributed by atoms with E-state index in [2.05, 4.69) is 0 Å². The fourth-order valence-corrected chi connectivity index (χ4v) is 1.69. The van der Waals surface area contributed by atoms with Crippen LogP contribution in [0.1, 0.15) is 11.1 Å². The molecular weight excluding hydrogens is 284 g/mol. The summed E-state index contributed by atoms with van der Waals surface area (Å²) in [5.74, 6) is -1.77. The molecule has 0 saturated heterocycles. The van der Waals surface area contributed by atoms with Gasteiger partial charge in [0, 0.05) is 11.1 Å². The van der Waals surface area contributed by atoms with Gasteiger partial charge >= 0.3 is 12.2 Å². The van der Waals surface area contributed by atoms with Crippen molar-refractivity contribution in [2.75, 3.05) is 0 Å². The Kier molecular flexibility index (Phi) is 4.77. The number of hydrogen-bond donors (Lipinski definition) is 0. The summed E-state index contributed by atoms with van der Waals surface area (Å²) in [5.41, 5.74) is 0.0411. The molecule has 0 saturated carbocycles. The molecule has 0 aliphatic carbocycles. The van der Waals surface area contributed by atoms with Crippen LogP contribution in [0.15, 0.2) is 72.8 Å². The highest BCUT2D eigenvalue weighted by Gasteiger charge is 2.18. The van der Waals surface area contributed by atoms with Crippen LogP contribution < -0.4 is 0 Å². The van der Waals surface area contributed by atoms with Crippen LogP contribution in [0.2, 0.25) is 0 Å². The van der Waals surface area contributed by atoms with Gasteiger partial charge in [-0.25, -0.2) is 0 Å². The van der Waals surface area contributed by atoms with Gasteiger partial charge in [0.25, 0.3) is 0 Å². The van der Waals surface area contributed by atoms with Gasteiger partial charge in [0.05, 0.1) is 0 Å². The molecular formula is C16H10F4O. The molecule has 0 radical (unpaired) electrons. The molecule has 2 rings (SSSR count). The molecule has 0 amide bonds. The maximum atomic E-state index is 13.0. The van der Waals surface area contributed by atoms with Gasteiger partial charge in [-0.05, 0) is 0 Å². The normalized spacial score (nSPS) is 9.90. The lowest BCUT2D eigenvalue weighted by Gasteiger charge is -2.12. The highest BCUT2D eigenvalue weighted by molar-refractivity contribution is 5.70. The van der Waals surface area contributed by atoms with Crippen LogP contribution in [-0.2, 0) is 4.74 Å². The lowest BCUT2D eigenvalue weighted by atomic mass is 10.1. The Bertz CT molecular complexity index is 596. The van der Waals surface area contributed by atoms with Crippen LogP contribution in [0.25, 0.3) is 11.5 Å². The van der Waals surface area contributed by atoms with E-state index in [1.54, 1.807) is 12.1 Å². The second-order valence-electron chi connectivity index (χ2n) is 4.01. The highest BCUT2D eigenvalue weighted by Crippen LogP contribution is 2.31. The maximum Gasteiger partial charge on any atom is 0.313 e. The first-order valence-electron chi connectivity index (χ1n) is 5.99. The van der Waals surface area contributed by atoms with E-state index >= 15 is 0 Å². The first-order valence-corrected chi connectivity index (χ1v) is 5.99. The smallest absolute Gasteiger partial charge is 0.313 e. The average Bonchev–Trinajstić information content (AvgIpc) is 2.49. The van der Waals surface area contributed by atoms with Crippen LogP contribution in [0.5, 0.6) is 0 Å². The molecule has 0 heterocycles. The molecule has 1 nitrogen and oxygen atoms in total. The fourth-order valence-electron chi connectivity index (χ4n) is 1.69. The summed E-state index contributed by atoms with van der Waals surface area (Å²) >= 11 is 0. The topological polar surface area (TPSA) is 9.23 Å². The van der Waals surface area contributed by atoms with Gasteiger partial charge in [0.2, 0.25) is 0 Å². The van der Waals surface area contributed by atoms with Gasteiger partial charge in [-0.15, -0.1) is 0 Å². The number of ether oxygens (including phenoxy) is 1. The third-order valence-electron chi connectivity index (χ3n) is 2.62. The Hall–Kier alpha value is -2.56. The van der Waals surface area contributed by atoms with Crippen molar-refractivity contribution in [2.24, 2.45) is 0 Å². The number of rotatable bonds is 4. The van der Waals surface area contributed by atoms with Crippen LogP contribution in [0.3, 0.4) is 0 Å². The zero-order valence-electron chi connectivity index (χ0n) is 10.7. The van der Waals surface area contributed by atoms with Crippen LogP contribution in [0, 0.1) is 0 Å². The molecule has 0 aromatic heterocycles. The summed E-state index contributed by atoms with van der Waals surface area (Å²) < 4.78 is 56.9. The summed E-state index contributed by atoms with van der Waals surface area (Å²) in [6.45, 7) is 0. The Morgan fingerprint density at radius 3 is 1.19 bits per heavy atom. The quantitative estimate of drug-likeness (QED) is 0.532. The van der Waals surface area contributed by atoms with Gasteiger partial charge in [-0.3, -0.25) is 0 Å². The molecule has 0 atom stereocenters. The van der Waals surface area contributed by atoms with Gasteiger partial charge in [0.15, 0.2) is 11.5 Å². The van der Waals surface area contributed by atoms with E-state index in [4.69, 9.17) is 4.74 Å². The third kappa shape index (κ3) is 3.72. The minimum atomic E-state index is -2.17. The molecule has 2 aromatic carbocycles. The molecule has 108 valence electrons. The first kappa shape index (κ1) is 14.8. The predicted molar refractivity (Wildman–Crippen MR) is 72.2 cm³/mol. The average molecular weight is 294 g/mol. The van der Waals surface area contributed by atoms with Crippen molar-refractivity contribution in [3.63, 3.8) is 0 Å². The fraction of sp³-hybridized carbons (Fsp3) is 0. The summed E-state index contributed by atoms with van der Waals surface area (Å²) in [6, 6.07) is 14.7. The van der Waals surface area contributed by atoms with Crippen LogP contribution in [-0.4, -0.2) is 0 Å². The van der Waals surface area contributed by atoms with Crippen molar-refractivity contribution >= 4 is 11.5 Å². The summed E-state index contributed by atoms with van der Waals surface area (Å²) in [4.78, 5) is 0. The SMILES string of the molecule is FC(F)=C(OC(=C(F)F)c1ccccc1)c1ccccc1. The Balaban J connectivity index is 2.41. The van der Waals surface area contributed by atoms with E-state index in [1.807, 2.05) is 0 Å². The molecule has 0 aliphatic heterocycles. The lowest BCUT2D eigenvalue weighted by Crippen LogP contribution is -1.96. The highest BCUT2D eigenvalue weighted by atomic mass is 19.3. The van der Waals surface area contributed by atoms with E-state index in [0.717, 1.165) is 0 Å². The van der Waals surface area contributed by atoms with E-state index in [9.17, 15) is 17.6 Å². The summed E-state index contributed by atoms with van der Waals surface area (Å²) in [6.07, 6.45) is -4.34. The second-order valence-corrected chi connectivity index (χ2v) is 4.01. The molecule has 2 aromatic rings. The number of hydrogen-bond acceptors (Lipinski definition) is 1.